The van der Waals surface area contributed by atoms with Gasteiger partial charge in [0, 0.05) is 63.1 Å². The van der Waals surface area contributed by atoms with E-state index in [0.717, 1.165) is 17.1 Å². The molecule has 0 saturated carbocycles. The van der Waals surface area contributed by atoms with E-state index in [1.54, 1.807) is 36.6 Å². The maximum atomic E-state index is 13.4. The van der Waals surface area contributed by atoms with Gasteiger partial charge >= 0.3 is 11.9 Å². The fourth-order valence-corrected chi connectivity index (χ4v) is 6.58. The van der Waals surface area contributed by atoms with Gasteiger partial charge in [-0.15, -0.1) is 11.3 Å². The Bertz CT molecular complexity index is 1250. The Morgan fingerprint density at radius 2 is 1.79 bits per heavy atom. The van der Waals surface area contributed by atoms with Crippen molar-refractivity contribution in [1.82, 2.24) is 25.2 Å². The lowest BCUT2D eigenvalue weighted by atomic mass is 9.95. The molecular formula is C30H43N5O6S2. The highest BCUT2D eigenvalue weighted by Crippen LogP contribution is 2.32. The number of thioether (sulfide) groups is 1. The number of esters is 2. The standard InChI is InChI=1S/C30H43N5O6S2/c1-17(2)24(35(6)27(37)9-21-14-42-15-21)11-25(41-20(5)36)29-34-23(16-43-29)28(38)33-22(8-19(4)30(39)40-7)10-26-31-12-18(3)13-32-26/h12-13,16-17,19,21-22,24-25H,8-11,14-15H2,1-7H3,(H,33,38)/t19?,22-,24?,25?/m1/s1. The molecule has 0 aromatic carbocycles. The number of nitrogens with one attached hydrogen (secondary N) is 1. The lowest BCUT2D eigenvalue weighted by molar-refractivity contribution is -0.148. The van der Waals surface area contributed by atoms with Crippen molar-refractivity contribution in [3.8, 4) is 0 Å². The van der Waals surface area contributed by atoms with E-state index in [1.807, 2.05) is 32.5 Å². The number of carbonyl (C=O) groups excluding carboxylic acids is 4. The number of rotatable bonds is 15. The number of methoxy groups -OCH3 is 1. The Labute approximate surface area is 261 Å². The lowest BCUT2D eigenvalue weighted by Gasteiger charge is -2.35. The van der Waals surface area contributed by atoms with Gasteiger partial charge in [-0.25, -0.2) is 15.0 Å². The molecule has 0 bridgehead atoms. The van der Waals surface area contributed by atoms with Crippen LogP contribution < -0.4 is 5.32 Å². The summed E-state index contributed by atoms with van der Waals surface area (Å²) in [5, 5.41) is 5.07. The summed E-state index contributed by atoms with van der Waals surface area (Å²) in [5.41, 5.74) is 1.09. The first-order chi connectivity index (χ1) is 20.4. The Morgan fingerprint density at radius 3 is 2.35 bits per heavy atom. The normalized spacial score (nSPS) is 16.0. The maximum absolute atomic E-state index is 13.4. The van der Waals surface area contributed by atoms with E-state index in [2.05, 4.69) is 20.3 Å². The minimum absolute atomic E-state index is 0.0783. The van der Waals surface area contributed by atoms with Crippen LogP contribution in [0.15, 0.2) is 17.8 Å². The molecule has 11 nitrogen and oxygen atoms in total. The van der Waals surface area contributed by atoms with E-state index in [0.29, 0.717) is 42.4 Å². The molecule has 236 valence electrons. The van der Waals surface area contributed by atoms with Gasteiger partial charge < -0.3 is 19.7 Å². The molecule has 1 saturated heterocycles. The van der Waals surface area contributed by atoms with Gasteiger partial charge in [0.15, 0.2) is 6.10 Å². The summed E-state index contributed by atoms with van der Waals surface area (Å²) >= 11 is 3.07. The molecule has 43 heavy (non-hydrogen) atoms. The predicted octanol–water partition coefficient (Wildman–Crippen LogP) is 4.01. The molecule has 13 heteroatoms. The van der Waals surface area contributed by atoms with Crippen LogP contribution in [0.1, 0.15) is 79.9 Å². The molecule has 2 amide bonds. The highest BCUT2D eigenvalue weighted by atomic mass is 32.2. The summed E-state index contributed by atoms with van der Waals surface area (Å²) in [6.45, 7) is 9.03. The van der Waals surface area contributed by atoms with Crippen molar-refractivity contribution in [2.45, 2.75) is 78.5 Å². The van der Waals surface area contributed by atoms with Crippen molar-refractivity contribution in [3.63, 3.8) is 0 Å². The fraction of sp³-hybridized carbons (Fsp3) is 0.633. The molecule has 0 spiro atoms. The van der Waals surface area contributed by atoms with E-state index in [4.69, 9.17) is 9.47 Å². The van der Waals surface area contributed by atoms with E-state index in [9.17, 15) is 19.2 Å². The van der Waals surface area contributed by atoms with Crippen molar-refractivity contribution in [2.75, 3.05) is 25.7 Å². The Kier molecular flexibility index (Phi) is 12.9. The van der Waals surface area contributed by atoms with E-state index >= 15 is 0 Å². The van der Waals surface area contributed by atoms with Gasteiger partial charge in [0.2, 0.25) is 5.91 Å². The van der Waals surface area contributed by atoms with E-state index < -0.39 is 29.9 Å². The van der Waals surface area contributed by atoms with Crippen molar-refractivity contribution >= 4 is 46.9 Å². The van der Waals surface area contributed by atoms with Crippen LogP contribution in [0.5, 0.6) is 0 Å². The average Bonchev–Trinajstić information content (AvgIpc) is 3.43. The summed E-state index contributed by atoms with van der Waals surface area (Å²) in [6.07, 6.45) is 4.19. The monoisotopic (exact) mass is 633 g/mol. The number of amides is 2. The third-order valence-electron chi connectivity index (χ3n) is 7.46. The number of hydrogen-bond acceptors (Lipinski definition) is 11. The zero-order valence-electron chi connectivity index (χ0n) is 26.0. The summed E-state index contributed by atoms with van der Waals surface area (Å²) in [6, 6.07) is -0.651. The van der Waals surface area contributed by atoms with Crippen molar-refractivity contribution in [1.29, 1.82) is 0 Å². The second kappa shape index (κ2) is 16.1. The van der Waals surface area contributed by atoms with Crippen LogP contribution in [0.2, 0.25) is 0 Å². The van der Waals surface area contributed by atoms with Crippen LogP contribution in [0, 0.1) is 24.7 Å². The van der Waals surface area contributed by atoms with Gasteiger partial charge in [0.25, 0.3) is 5.91 Å². The Hall–Kier alpha value is -3.06. The third-order valence-corrected chi connectivity index (χ3v) is 9.82. The van der Waals surface area contributed by atoms with Gasteiger partial charge in [-0.1, -0.05) is 20.8 Å². The molecule has 1 aliphatic rings. The molecule has 1 aliphatic heterocycles. The number of nitrogens with zero attached hydrogens (tertiary/aromatic N) is 4. The van der Waals surface area contributed by atoms with Gasteiger partial charge in [-0.3, -0.25) is 19.2 Å². The number of ether oxygens (including phenoxy) is 2. The molecule has 1 N–H and O–H groups in total. The number of hydrogen-bond donors (Lipinski definition) is 1. The molecule has 1 fully saturated rings. The summed E-state index contributed by atoms with van der Waals surface area (Å²) < 4.78 is 10.6. The zero-order chi connectivity index (χ0) is 31.7. The average molecular weight is 634 g/mol. The van der Waals surface area contributed by atoms with Crippen LogP contribution in [0.25, 0.3) is 0 Å². The molecule has 0 radical (unpaired) electrons. The highest BCUT2D eigenvalue weighted by molar-refractivity contribution is 8.00. The van der Waals surface area contributed by atoms with E-state index in [-0.39, 0.29) is 29.5 Å². The van der Waals surface area contributed by atoms with Gasteiger partial charge in [0.05, 0.1) is 13.0 Å². The highest BCUT2D eigenvalue weighted by Gasteiger charge is 2.32. The summed E-state index contributed by atoms with van der Waals surface area (Å²) in [7, 11) is 3.13. The lowest BCUT2D eigenvalue weighted by Crippen LogP contribution is -2.43. The SMILES string of the molecule is COC(=O)C(C)C[C@H](Cc1ncc(C)cn1)NC(=O)c1csc(C(CC(C(C)C)N(C)C(=O)CC2CSC2)OC(C)=O)n1. The zero-order valence-corrected chi connectivity index (χ0v) is 27.6. The molecule has 2 aromatic heterocycles. The molecule has 0 aliphatic carbocycles. The van der Waals surface area contributed by atoms with Crippen LogP contribution >= 0.6 is 23.1 Å². The predicted molar refractivity (Wildman–Crippen MR) is 166 cm³/mol. The van der Waals surface area contributed by atoms with Gasteiger partial charge in [0.1, 0.15) is 16.5 Å². The second-order valence-electron chi connectivity index (χ2n) is 11.5. The molecule has 4 atom stereocenters. The van der Waals surface area contributed by atoms with Crippen molar-refractivity contribution in [3.05, 3.63) is 39.9 Å². The topological polar surface area (TPSA) is 141 Å². The molecule has 3 heterocycles. The molecule has 2 aromatic rings. The number of carbonyl (C=O) groups is 4. The minimum atomic E-state index is -0.720. The summed E-state index contributed by atoms with van der Waals surface area (Å²) in [5.74, 6) is 1.41. The smallest absolute Gasteiger partial charge is 0.308 e. The van der Waals surface area contributed by atoms with Gasteiger partial charge in [-0.2, -0.15) is 11.8 Å². The van der Waals surface area contributed by atoms with Crippen LogP contribution in [0.3, 0.4) is 0 Å². The molecule has 3 unspecified atom stereocenters. The number of aryl methyl sites for hydroxylation is 1. The van der Waals surface area contributed by atoms with Gasteiger partial charge in [-0.05, 0) is 42.2 Å². The Morgan fingerprint density at radius 1 is 1.12 bits per heavy atom. The second-order valence-corrected chi connectivity index (χ2v) is 13.5. The number of thiazole rings is 1. The molecular weight excluding hydrogens is 590 g/mol. The van der Waals surface area contributed by atoms with Crippen LogP contribution in [-0.4, -0.2) is 81.4 Å². The first-order valence-corrected chi connectivity index (χ1v) is 16.5. The first kappa shape index (κ1) is 34.4. The molecule has 3 rings (SSSR count). The Balaban J connectivity index is 1.76. The third kappa shape index (κ3) is 10.3. The fourth-order valence-electron chi connectivity index (χ4n) is 4.94. The largest absolute Gasteiger partial charge is 0.469 e. The maximum Gasteiger partial charge on any atom is 0.308 e. The minimum Gasteiger partial charge on any atom is -0.469 e. The quantitative estimate of drug-likeness (QED) is 0.286. The number of aromatic nitrogens is 3. The van der Waals surface area contributed by atoms with Crippen molar-refractivity contribution in [2.24, 2.45) is 17.8 Å². The van der Waals surface area contributed by atoms with Crippen molar-refractivity contribution < 1.29 is 28.7 Å². The van der Waals surface area contributed by atoms with Crippen LogP contribution in [0.4, 0.5) is 0 Å². The first-order valence-electron chi connectivity index (χ1n) is 14.5. The van der Waals surface area contributed by atoms with E-state index in [1.165, 1.54) is 25.4 Å². The summed E-state index contributed by atoms with van der Waals surface area (Å²) in [4.78, 5) is 65.6. The van der Waals surface area contributed by atoms with Crippen LogP contribution in [-0.2, 0) is 30.3 Å².